The van der Waals surface area contributed by atoms with Gasteiger partial charge < -0.3 is 9.84 Å². The molecule has 1 N–H and O–H groups in total. The maximum atomic E-state index is 13.3. The number of aliphatic hydroxyl groups excluding tert-OH is 1. The van der Waals surface area contributed by atoms with Gasteiger partial charge in [0.2, 0.25) is 0 Å². The molecule has 3 aromatic carbocycles. The summed E-state index contributed by atoms with van der Waals surface area (Å²) in [6.07, 6.45) is 0. The Hall–Kier alpha value is -3.38. The van der Waals surface area contributed by atoms with Crippen molar-refractivity contribution in [1.82, 2.24) is 0 Å². The summed E-state index contributed by atoms with van der Waals surface area (Å²) >= 11 is 3.47. The predicted octanol–water partition coefficient (Wildman–Crippen LogP) is 6.69. The highest BCUT2D eigenvalue weighted by Crippen LogP contribution is 2.43. The Morgan fingerprint density at radius 1 is 0.971 bits per heavy atom. The predicted molar refractivity (Wildman–Crippen MR) is 142 cm³/mol. The van der Waals surface area contributed by atoms with Gasteiger partial charge in [0, 0.05) is 15.7 Å². The van der Waals surface area contributed by atoms with Crippen LogP contribution < -0.4 is 9.64 Å². The zero-order chi connectivity index (χ0) is 25.5. The summed E-state index contributed by atoms with van der Waals surface area (Å²) in [6, 6.07) is 19.4. The zero-order valence-corrected chi connectivity index (χ0v) is 22.0. The molecule has 1 atom stereocenters. The van der Waals surface area contributed by atoms with E-state index in [1.54, 1.807) is 43.5 Å². The van der Waals surface area contributed by atoms with Crippen molar-refractivity contribution in [1.29, 1.82) is 0 Å². The van der Waals surface area contributed by atoms with Crippen molar-refractivity contribution in [3.8, 4) is 5.75 Å². The van der Waals surface area contributed by atoms with E-state index in [-0.39, 0.29) is 16.7 Å². The monoisotopic (exact) mass is 533 g/mol. The maximum absolute atomic E-state index is 13.3. The Morgan fingerprint density at radius 3 is 2.14 bits per heavy atom. The van der Waals surface area contributed by atoms with Crippen molar-refractivity contribution in [2.75, 3.05) is 12.0 Å². The average molecular weight is 534 g/mol. The quantitative estimate of drug-likeness (QED) is 0.230. The average Bonchev–Trinajstić information content (AvgIpc) is 3.10. The van der Waals surface area contributed by atoms with E-state index >= 15 is 0 Å². The fraction of sp³-hybridized carbons (Fsp3) is 0.241. The van der Waals surface area contributed by atoms with E-state index in [2.05, 4.69) is 36.7 Å². The number of halogens is 1. The molecule has 1 aliphatic rings. The number of nitrogens with zero attached hydrogens (tertiary/aromatic N) is 1. The SMILES string of the molecule is COc1ccc(N2C(=O)C(=O)/C(=C(\O)c3ccc(Br)c(C)c3)C2c2ccc(C(C)(C)C)cc2)cc1. The normalized spacial score (nSPS) is 17.7. The number of rotatable bonds is 4. The molecule has 0 radical (unpaired) electrons. The second-order valence-corrected chi connectivity index (χ2v) is 10.6. The van der Waals surface area contributed by atoms with Crippen molar-refractivity contribution in [2.24, 2.45) is 0 Å². The topological polar surface area (TPSA) is 66.8 Å². The number of anilines is 1. The summed E-state index contributed by atoms with van der Waals surface area (Å²) in [6.45, 7) is 8.28. The molecule has 5 nitrogen and oxygen atoms in total. The number of aryl methyl sites for hydroxylation is 1. The van der Waals surface area contributed by atoms with Gasteiger partial charge in [0.15, 0.2) is 0 Å². The number of benzene rings is 3. The van der Waals surface area contributed by atoms with E-state index < -0.39 is 17.7 Å². The molecule has 1 amide bonds. The van der Waals surface area contributed by atoms with Crippen LogP contribution in [0, 0.1) is 6.92 Å². The molecule has 1 saturated heterocycles. The van der Waals surface area contributed by atoms with E-state index in [9.17, 15) is 14.7 Å². The van der Waals surface area contributed by atoms with Crippen LogP contribution in [0.25, 0.3) is 5.76 Å². The van der Waals surface area contributed by atoms with E-state index in [0.29, 0.717) is 17.0 Å². The summed E-state index contributed by atoms with van der Waals surface area (Å²) in [5.74, 6) is -0.958. The molecule has 3 aromatic rings. The van der Waals surface area contributed by atoms with Gasteiger partial charge >= 0.3 is 0 Å². The van der Waals surface area contributed by atoms with Crippen LogP contribution in [-0.2, 0) is 15.0 Å². The van der Waals surface area contributed by atoms with E-state index in [4.69, 9.17) is 4.74 Å². The van der Waals surface area contributed by atoms with Gasteiger partial charge in [0.25, 0.3) is 11.7 Å². The Bertz CT molecular complexity index is 1320. The molecule has 1 fully saturated rings. The van der Waals surface area contributed by atoms with E-state index in [1.807, 2.05) is 37.3 Å². The highest BCUT2D eigenvalue weighted by atomic mass is 79.9. The van der Waals surface area contributed by atoms with Crippen molar-refractivity contribution >= 4 is 39.1 Å². The number of carbonyl (C=O) groups is 2. The Kier molecular flexibility index (Phi) is 6.60. The lowest BCUT2D eigenvalue weighted by molar-refractivity contribution is -0.132. The third kappa shape index (κ3) is 4.63. The molecule has 0 bridgehead atoms. The molecule has 6 heteroatoms. The van der Waals surface area contributed by atoms with Gasteiger partial charge in [-0.3, -0.25) is 14.5 Å². The third-order valence-corrected chi connectivity index (χ3v) is 7.21. The first-order chi connectivity index (χ1) is 16.5. The number of ketones is 1. The molecule has 4 rings (SSSR count). The van der Waals surface area contributed by atoms with Crippen LogP contribution in [0.3, 0.4) is 0 Å². The maximum Gasteiger partial charge on any atom is 0.300 e. The fourth-order valence-corrected chi connectivity index (χ4v) is 4.52. The first kappa shape index (κ1) is 24.7. The van der Waals surface area contributed by atoms with Gasteiger partial charge in [-0.25, -0.2) is 0 Å². The van der Waals surface area contributed by atoms with Crippen LogP contribution in [0.1, 0.15) is 49.1 Å². The number of carbonyl (C=O) groups excluding carboxylic acids is 2. The van der Waals surface area contributed by atoms with Crippen LogP contribution in [-0.4, -0.2) is 23.9 Å². The van der Waals surface area contributed by atoms with Gasteiger partial charge in [0.05, 0.1) is 18.7 Å². The van der Waals surface area contributed by atoms with Crippen molar-refractivity contribution < 1.29 is 19.4 Å². The summed E-state index contributed by atoms with van der Waals surface area (Å²) < 4.78 is 6.14. The highest BCUT2D eigenvalue weighted by Gasteiger charge is 2.47. The number of Topliss-reactive ketones (excluding diaryl/α,β-unsaturated/α-hetero) is 1. The van der Waals surface area contributed by atoms with E-state index in [0.717, 1.165) is 21.2 Å². The largest absolute Gasteiger partial charge is 0.507 e. The minimum absolute atomic E-state index is 0.0503. The molecule has 1 aliphatic heterocycles. The lowest BCUT2D eigenvalue weighted by atomic mass is 9.85. The Labute approximate surface area is 214 Å². The van der Waals surface area contributed by atoms with Crippen LogP contribution >= 0.6 is 15.9 Å². The lowest BCUT2D eigenvalue weighted by Crippen LogP contribution is -2.29. The standard InChI is InChI=1S/C29H28BrNO4/c1-17-16-19(8-15-23(17)30)26(32)24-25(18-6-9-20(10-7-18)29(2,3)4)31(28(34)27(24)33)21-11-13-22(35-5)14-12-21/h6-16,25,32H,1-5H3/b26-24-. The Balaban J connectivity index is 1.92. The zero-order valence-electron chi connectivity index (χ0n) is 20.4. The molecule has 180 valence electrons. The first-order valence-corrected chi connectivity index (χ1v) is 12.1. The summed E-state index contributed by atoms with van der Waals surface area (Å²) in [4.78, 5) is 28.1. The smallest absolute Gasteiger partial charge is 0.300 e. The molecule has 0 spiro atoms. The van der Waals surface area contributed by atoms with Crippen LogP contribution in [0.4, 0.5) is 5.69 Å². The fourth-order valence-electron chi connectivity index (χ4n) is 4.27. The third-order valence-electron chi connectivity index (χ3n) is 6.32. The molecular weight excluding hydrogens is 506 g/mol. The second-order valence-electron chi connectivity index (χ2n) is 9.70. The van der Waals surface area contributed by atoms with Crippen LogP contribution in [0.2, 0.25) is 0 Å². The van der Waals surface area contributed by atoms with Crippen molar-refractivity contribution in [3.05, 3.63) is 99.0 Å². The number of ether oxygens (including phenoxy) is 1. The summed E-state index contributed by atoms with van der Waals surface area (Å²) in [7, 11) is 1.57. The molecular formula is C29H28BrNO4. The van der Waals surface area contributed by atoms with Gasteiger partial charge in [-0.1, -0.05) is 67.0 Å². The summed E-state index contributed by atoms with van der Waals surface area (Å²) in [5.41, 5.74) is 3.82. The van der Waals surface area contributed by atoms with Crippen molar-refractivity contribution in [3.63, 3.8) is 0 Å². The number of aliphatic hydroxyl groups is 1. The molecule has 0 aromatic heterocycles. The molecule has 35 heavy (non-hydrogen) atoms. The van der Waals surface area contributed by atoms with Crippen LogP contribution in [0.5, 0.6) is 5.75 Å². The number of amides is 1. The van der Waals surface area contributed by atoms with Gasteiger partial charge in [-0.2, -0.15) is 0 Å². The van der Waals surface area contributed by atoms with Crippen LogP contribution in [0.15, 0.2) is 76.8 Å². The second kappa shape index (κ2) is 9.34. The molecule has 1 heterocycles. The number of methoxy groups -OCH3 is 1. The van der Waals surface area contributed by atoms with E-state index in [1.165, 1.54) is 4.90 Å². The van der Waals surface area contributed by atoms with Gasteiger partial charge in [0.1, 0.15) is 11.5 Å². The first-order valence-electron chi connectivity index (χ1n) is 11.3. The minimum Gasteiger partial charge on any atom is -0.507 e. The lowest BCUT2D eigenvalue weighted by Gasteiger charge is -2.26. The number of hydrogen-bond donors (Lipinski definition) is 1. The number of hydrogen-bond acceptors (Lipinski definition) is 4. The van der Waals surface area contributed by atoms with Gasteiger partial charge in [-0.05, 0) is 65.4 Å². The van der Waals surface area contributed by atoms with Gasteiger partial charge in [-0.15, -0.1) is 0 Å². The summed E-state index contributed by atoms with van der Waals surface area (Å²) in [5, 5.41) is 11.3. The molecule has 1 unspecified atom stereocenters. The molecule has 0 saturated carbocycles. The highest BCUT2D eigenvalue weighted by molar-refractivity contribution is 9.10. The molecule has 0 aliphatic carbocycles. The minimum atomic E-state index is -0.777. The van der Waals surface area contributed by atoms with Crippen molar-refractivity contribution in [2.45, 2.75) is 39.2 Å². The Morgan fingerprint density at radius 2 is 1.60 bits per heavy atom.